The summed E-state index contributed by atoms with van der Waals surface area (Å²) in [7, 11) is 0. The molecule has 1 saturated carbocycles. The van der Waals surface area contributed by atoms with E-state index in [2.05, 4.69) is 10.1 Å². The quantitative estimate of drug-likeness (QED) is 0.856. The molecule has 1 aliphatic heterocycles. The van der Waals surface area contributed by atoms with Gasteiger partial charge in [0.05, 0.1) is 5.56 Å². The van der Waals surface area contributed by atoms with Crippen LogP contribution in [0.15, 0.2) is 36.8 Å². The molecular weight excluding hydrogens is 288 g/mol. The van der Waals surface area contributed by atoms with Crippen molar-refractivity contribution in [2.45, 2.75) is 38.5 Å². The summed E-state index contributed by atoms with van der Waals surface area (Å²) in [6, 6.07) is 5.53. The molecule has 23 heavy (non-hydrogen) atoms. The van der Waals surface area contributed by atoms with Crippen LogP contribution in [0, 0.1) is 5.41 Å². The highest BCUT2D eigenvalue weighted by Gasteiger charge is 2.41. The zero-order chi connectivity index (χ0) is 15.7. The third-order valence-corrected chi connectivity index (χ3v) is 5.38. The Morgan fingerprint density at radius 1 is 1.09 bits per heavy atom. The fourth-order valence-corrected chi connectivity index (χ4v) is 4.13. The number of hydrogen-bond acceptors (Lipinski definition) is 3. The van der Waals surface area contributed by atoms with Crippen LogP contribution in [0.5, 0.6) is 0 Å². The number of hydrogen-bond donors (Lipinski definition) is 0. The van der Waals surface area contributed by atoms with Crippen molar-refractivity contribution in [1.82, 2.24) is 19.7 Å². The fourth-order valence-electron chi connectivity index (χ4n) is 4.13. The molecule has 1 aliphatic carbocycles. The average molecular weight is 310 g/mol. The normalized spacial score (nSPS) is 20.1. The summed E-state index contributed by atoms with van der Waals surface area (Å²) in [5.41, 5.74) is 1.02. The second-order valence-electron chi connectivity index (χ2n) is 6.86. The molecular formula is C18H22N4O. The Kier molecular flexibility index (Phi) is 3.63. The number of amides is 1. The minimum absolute atomic E-state index is 0.0889. The number of carbonyl (C=O) groups is 1. The summed E-state index contributed by atoms with van der Waals surface area (Å²) in [4.78, 5) is 19.4. The van der Waals surface area contributed by atoms with E-state index in [4.69, 9.17) is 0 Å². The summed E-state index contributed by atoms with van der Waals surface area (Å²) in [6.07, 6.45) is 12.9. The van der Waals surface area contributed by atoms with Crippen LogP contribution in [0.1, 0.15) is 48.9 Å². The van der Waals surface area contributed by atoms with Crippen LogP contribution < -0.4 is 0 Å². The lowest BCUT2D eigenvalue weighted by Gasteiger charge is -2.33. The van der Waals surface area contributed by atoms with Crippen LogP contribution in [0.3, 0.4) is 0 Å². The molecule has 2 aromatic rings. The summed E-state index contributed by atoms with van der Waals surface area (Å²) < 4.78 is 1.67. The largest absolute Gasteiger partial charge is 0.338 e. The molecule has 120 valence electrons. The third kappa shape index (κ3) is 2.64. The molecule has 5 heteroatoms. The molecule has 0 bridgehead atoms. The number of carbonyl (C=O) groups excluding carboxylic acids is 1. The van der Waals surface area contributed by atoms with Crippen molar-refractivity contribution in [3.8, 4) is 5.82 Å². The lowest BCUT2D eigenvalue weighted by atomic mass is 9.73. The Bertz CT molecular complexity index is 689. The SMILES string of the molecule is O=C(c1cccnc1-n1cccn1)N1CCC2(CCCCC2)C1. The van der Waals surface area contributed by atoms with Gasteiger partial charge in [-0.2, -0.15) is 5.10 Å². The first kappa shape index (κ1) is 14.4. The van der Waals surface area contributed by atoms with Crippen molar-refractivity contribution in [1.29, 1.82) is 0 Å². The van der Waals surface area contributed by atoms with Crippen LogP contribution in [-0.2, 0) is 0 Å². The highest BCUT2D eigenvalue weighted by molar-refractivity contribution is 5.97. The predicted octanol–water partition coefficient (Wildman–Crippen LogP) is 3.06. The highest BCUT2D eigenvalue weighted by Crippen LogP contribution is 2.44. The van der Waals surface area contributed by atoms with Gasteiger partial charge in [0.25, 0.3) is 5.91 Å². The van der Waals surface area contributed by atoms with Crippen LogP contribution >= 0.6 is 0 Å². The lowest BCUT2D eigenvalue weighted by Crippen LogP contribution is -2.34. The Hall–Kier alpha value is -2.17. The van der Waals surface area contributed by atoms with Gasteiger partial charge in [-0.15, -0.1) is 0 Å². The van der Waals surface area contributed by atoms with E-state index < -0.39 is 0 Å². The van der Waals surface area contributed by atoms with Crippen LogP contribution in [0.4, 0.5) is 0 Å². The molecule has 5 nitrogen and oxygen atoms in total. The summed E-state index contributed by atoms with van der Waals surface area (Å²) in [6.45, 7) is 1.77. The second-order valence-corrected chi connectivity index (χ2v) is 6.86. The third-order valence-electron chi connectivity index (χ3n) is 5.38. The molecule has 0 atom stereocenters. The smallest absolute Gasteiger partial charge is 0.257 e. The van der Waals surface area contributed by atoms with Gasteiger partial charge in [-0.25, -0.2) is 9.67 Å². The zero-order valence-electron chi connectivity index (χ0n) is 13.3. The van der Waals surface area contributed by atoms with Gasteiger partial charge in [-0.3, -0.25) is 4.79 Å². The zero-order valence-corrected chi connectivity index (χ0v) is 13.3. The first-order valence-corrected chi connectivity index (χ1v) is 8.52. The van der Waals surface area contributed by atoms with Crippen molar-refractivity contribution in [3.05, 3.63) is 42.4 Å². The van der Waals surface area contributed by atoms with Crippen molar-refractivity contribution >= 4 is 5.91 Å². The van der Waals surface area contributed by atoms with Gasteiger partial charge in [0, 0.05) is 31.7 Å². The number of rotatable bonds is 2. The molecule has 1 saturated heterocycles. The monoisotopic (exact) mass is 310 g/mol. The second kappa shape index (κ2) is 5.80. The van der Waals surface area contributed by atoms with Crippen molar-refractivity contribution < 1.29 is 4.79 Å². The van der Waals surface area contributed by atoms with Crippen LogP contribution in [-0.4, -0.2) is 38.7 Å². The topological polar surface area (TPSA) is 51.0 Å². The maximum atomic E-state index is 13.0. The Balaban J connectivity index is 1.59. The highest BCUT2D eigenvalue weighted by atomic mass is 16.2. The van der Waals surface area contributed by atoms with Gasteiger partial charge in [0.2, 0.25) is 0 Å². The molecule has 0 aromatic carbocycles. The summed E-state index contributed by atoms with van der Waals surface area (Å²) in [5, 5.41) is 4.22. The first-order chi connectivity index (χ1) is 11.3. The van der Waals surface area contributed by atoms with Gasteiger partial charge in [-0.05, 0) is 42.9 Å². The van der Waals surface area contributed by atoms with E-state index in [1.54, 1.807) is 17.1 Å². The molecule has 4 rings (SSSR count). The average Bonchev–Trinajstić information content (AvgIpc) is 3.26. The molecule has 0 N–H and O–H groups in total. The predicted molar refractivity (Wildman–Crippen MR) is 87.4 cm³/mol. The molecule has 0 radical (unpaired) electrons. The summed E-state index contributed by atoms with van der Waals surface area (Å²) in [5.74, 6) is 0.707. The molecule has 1 amide bonds. The Labute approximate surface area is 136 Å². The Morgan fingerprint density at radius 2 is 1.96 bits per heavy atom. The van der Waals surface area contributed by atoms with Crippen LogP contribution in [0.2, 0.25) is 0 Å². The minimum Gasteiger partial charge on any atom is -0.338 e. The van der Waals surface area contributed by atoms with E-state index in [0.29, 0.717) is 16.8 Å². The van der Waals surface area contributed by atoms with Gasteiger partial charge >= 0.3 is 0 Å². The maximum Gasteiger partial charge on any atom is 0.257 e. The van der Waals surface area contributed by atoms with E-state index >= 15 is 0 Å². The van der Waals surface area contributed by atoms with Crippen molar-refractivity contribution in [3.63, 3.8) is 0 Å². The maximum absolute atomic E-state index is 13.0. The van der Waals surface area contributed by atoms with Crippen molar-refractivity contribution in [2.75, 3.05) is 13.1 Å². The standard InChI is InChI=1S/C18H22N4O/c23-17(21-13-9-18(14-21)7-2-1-3-8-18)15-6-4-10-19-16(15)22-12-5-11-20-22/h4-6,10-12H,1-3,7-9,13-14H2. The molecule has 2 fully saturated rings. The van der Waals surface area contributed by atoms with E-state index in [1.165, 1.54) is 32.1 Å². The van der Waals surface area contributed by atoms with Crippen LogP contribution in [0.25, 0.3) is 5.82 Å². The molecule has 1 spiro atoms. The van der Waals surface area contributed by atoms with Gasteiger partial charge in [0.15, 0.2) is 5.82 Å². The number of likely N-dealkylation sites (tertiary alicyclic amines) is 1. The molecule has 3 heterocycles. The molecule has 2 aliphatic rings. The van der Waals surface area contributed by atoms with E-state index in [0.717, 1.165) is 19.5 Å². The first-order valence-electron chi connectivity index (χ1n) is 8.52. The van der Waals surface area contributed by atoms with Gasteiger partial charge in [0.1, 0.15) is 0 Å². The van der Waals surface area contributed by atoms with E-state index in [-0.39, 0.29) is 5.91 Å². The Morgan fingerprint density at radius 3 is 2.74 bits per heavy atom. The number of pyridine rings is 1. The van der Waals surface area contributed by atoms with E-state index in [1.807, 2.05) is 29.3 Å². The number of aromatic nitrogens is 3. The van der Waals surface area contributed by atoms with Crippen molar-refractivity contribution in [2.24, 2.45) is 5.41 Å². The minimum atomic E-state index is 0.0889. The fraction of sp³-hybridized carbons (Fsp3) is 0.500. The number of nitrogens with zero attached hydrogens (tertiary/aromatic N) is 4. The van der Waals surface area contributed by atoms with E-state index in [9.17, 15) is 4.79 Å². The van der Waals surface area contributed by atoms with Gasteiger partial charge < -0.3 is 4.90 Å². The van der Waals surface area contributed by atoms with Gasteiger partial charge in [-0.1, -0.05) is 19.3 Å². The molecule has 2 aromatic heterocycles. The summed E-state index contributed by atoms with van der Waals surface area (Å²) >= 11 is 0. The molecule has 0 unspecified atom stereocenters. The lowest BCUT2D eigenvalue weighted by molar-refractivity contribution is 0.0758.